The second-order valence-electron chi connectivity index (χ2n) is 7.80. The monoisotopic (exact) mass is 558 g/mol. The number of aromatic hydroxyl groups is 1. The quantitative estimate of drug-likeness (QED) is 0.223. The fourth-order valence-corrected chi connectivity index (χ4v) is 4.66. The van der Waals surface area contributed by atoms with E-state index in [2.05, 4.69) is 5.73 Å². The van der Waals surface area contributed by atoms with Crippen molar-refractivity contribution in [2.24, 2.45) is 0 Å². The lowest BCUT2D eigenvalue weighted by atomic mass is 10.1. The van der Waals surface area contributed by atoms with Crippen molar-refractivity contribution in [3.8, 4) is 5.88 Å². The Balaban J connectivity index is 2.31. The number of hydrogen-bond acceptors (Lipinski definition) is 4. The molecular weight excluding hydrogens is 537 g/mol. The van der Waals surface area contributed by atoms with Gasteiger partial charge in [0, 0.05) is 25.7 Å². The van der Waals surface area contributed by atoms with Crippen LogP contribution in [-0.2, 0) is 19.3 Å². The van der Waals surface area contributed by atoms with Gasteiger partial charge in [-0.1, -0.05) is 17.3 Å². The lowest BCUT2D eigenvalue weighted by molar-refractivity contribution is -0.137. The SMILES string of the molecule is CCN1C(=C=Cc2c(O)n(CC)c(=S)n2CC)N(CC(F)(F)C(F)F)c2cc(C(F)(F)F)c(Cl)cc21. The first-order valence-corrected chi connectivity index (χ1v) is 11.6. The molecule has 0 amide bonds. The van der Waals surface area contributed by atoms with Crippen molar-refractivity contribution >= 4 is 41.3 Å². The van der Waals surface area contributed by atoms with Crippen molar-refractivity contribution in [2.75, 3.05) is 22.9 Å². The first-order chi connectivity index (χ1) is 16.7. The molecule has 0 unspecified atom stereocenters. The number of nitrogens with zero attached hydrogens (tertiary/aromatic N) is 4. The molecule has 14 heteroatoms. The number of benzene rings is 1. The van der Waals surface area contributed by atoms with Gasteiger partial charge in [0.25, 0.3) is 0 Å². The van der Waals surface area contributed by atoms with Crippen molar-refractivity contribution < 1.29 is 35.8 Å². The van der Waals surface area contributed by atoms with Crippen LogP contribution in [0.4, 0.5) is 42.1 Å². The highest BCUT2D eigenvalue weighted by Crippen LogP contribution is 2.48. The van der Waals surface area contributed by atoms with Crippen LogP contribution in [0.1, 0.15) is 32.0 Å². The highest BCUT2D eigenvalue weighted by molar-refractivity contribution is 7.71. The molecule has 1 aromatic carbocycles. The van der Waals surface area contributed by atoms with Crippen molar-refractivity contribution in [2.45, 2.75) is 52.4 Å². The molecule has 1 N–H and O–H groups in total. The maximum atomic E-state index is 14.2. The number of anilines is 2. The van der Waals surface area contributed by atoms with Gasteiger partial charge in [0.15, 0.2) is 10.6 Å². The number of alkyl halides is 7. The predicted molar refractivity (Wildman–Crippen MR) is 126 cm³/mol. The molecular formula is C22H22ClF7N4OS. The Labute approximate surface area is 212 Å². The zero-order chi connectivity index (χ0) is 27.2. The van der Waals surface area contributed by atoms with Gasteiger partial charge in [-0.05, 0) is 45.1 Å². The second kappa shape index (κ2) is 10.0. The summed E-state index contributed by atoms with van der Waals surface area (Å²) in [6.45, 7) is 4.17. The largest absolute Gasteiger partial charge is 0.493 e. The Kier molecular flexibility index (Phi) is 7.78. The van der Waals surface area contributed by atoms with Crippen LogP contribution in [0.5, 0.6) is 5.88 Å². The van der Waals surface area contributed by atoms with Crippen LogP contribution in [0.15, 0.2) is 23.7 Å². The van der Waals surface area contributed by atoms with Gasteiger partial charge in [0.1, 0.15) is 5.69 Å². The van der Waals surface area contributed by atoms with Gasteiger partial charge < -0.3 is 19.5 Å². The molecule has 0 saturated heterocycles. The van der Waals surface area contributed by atoms with E-state index in [4.69, 9.17) is 23.8 Å². The average Bonchev–Trinajstić information content (AvgIpc) is 3.19. The third-order valence-corrected chi connectivity index (χ3v) is 6.43. The van der Waals surface area contributed by atoms with Crippen LogP contribution >= 0.6 is 23.8 Å². The van der Waals surface area contributed by atoms with Gasteiger partial charge in [-0.2, -0.15) is 22.0 Å². The molecule has 198 valence electrons. The molecule has 5 nitrogen and oxygen atoms in total. The molecule has 3 rings (SSSR count). The molecule has 0 saturated carbocycles. The Morgan fingerprint density at radius 3 is 2.08 bits per heavy atom. The van der Waals surface area contributed by atoms with Crippen LogP contribution in [0, 0.1) is 4.77 Å². The zero-order valence-corrected chi connectivity index (χ0v) is 20.9. The number of imidazole rings is 1. The summed E-state index contributed by atoms with van der Waals surface area (Å²) in [5, 5.41) is 9.91. The fraction of sp³-hybridized carbons (Fsp3) is 0.455. The Morgan fingerprint density at radius 1 is 1.00 bits per heavy atom. The molecule has 1 aliphatic heterocycles. The minimum Gasteiger partial charge on any atom is -0.493 e. The van der Waals surface area contributed by atoms with Gasteiger partial charge in [-0.25, -0.2) is 8.78 Å². The average molecular weight is 559 g/mol. The maximum absolute atomic E-state index is 14.2. The Morgan fingerprint density at radius 2 is 1.58 bits per heavy atom. The van der Waals surface area contributed by atoms with E-state index in [-0.39, 0.29) is 40.1 Å². The fourth-order valence-electron chi connectivity index (χ4n) is 3.96. The number of aromatic nitrogens is 2. The summed E-state index contributed by atoms with van der Waals surface area (Å²) >= 11 is 11.2. The van der Waals surface area contributed by atoms with Crippen LogP contribution in [0.2, 0.25) is 5.02 Å². The minimum absolute atomic E-state index is 0.0131. The lowest BCUT2D eigenvalue weighted by Gasteiger charge is -2.26. The molecule has 0 aliphatic carbocycles. The van der Waals surface area contributed by atoms with Crippen LogP contribution in [0.25, 0.3) is 6.08 Å². The van der Waals surface area contributed by atoms with E-state index in [0.717, 1.165) is 6.07 Å². The number of fused-ring (bicyclic) bond motifs is 1. The first kappa shape index (κ1) is 27.9. The topological polar surface area (TPSA) is 36.6 Å². The zero-order valence-electron chi connectivity index (χ0n) is 19.3. The van der Waals surface area contributed by atoms with Crippen molar-refractivity contribution in [3.05, 3.63) is 44.7 Å². The number of halogens is 8. The molecule has 36 heavy (non-hydrogen) atoms. The molecule has 0 fully saturated rings. The molecule has 0 atom stereocenters. The number of rotatable bonds is 7. The standard InChI is InChI=1S/C22H22ClF7N4OS/c1-4-31-16-10-13(23)12(22(28,29)30)9-15(16)34(11-21(26,27)19(24)25)17(31)8-7-14-18(35)33(6-3)20(36)32(14)5-2/h7,9-10,19,35H,4-6,11H2,1-3H3. The summed E-state index contributed by atoms with van der Waals surface area (Å²) in [4.78, 5) is 1.96. The number of hydrogen-bond donors (Lipinski definition) is 1. The molecule has 2 heterocycles. The Hall–Kier alpha value is -2.63. The molecule has 1 aliphatic rings. The van der Waals surface area contributed by atoms with Crippen molar-refractivity contribution in [3.63, 3.8) is 0 Å². The van der Waals surface area contributed by atoms with E-state index in [1.807, 2.05) is 0 Å². The second-order valence-corrected chi connectivity index (χ2v) is 8.58. The summed E-state index contributed by atoms with van der Waals surface area (Å²) in [6.07, 6.45) is -7.75. The minimum atomic E-state index is -4.91. The summed E-state index contributed by atoms with van der Waals surface area (Å²) in [5.41, 5.74) is 1.21. The Bertz CT molecular complexity index is 1280. The lowest BCUT2D eigenvalue weighted by Crippen LogP contribution is -2.42. The highest BCUT2D eigenvalue weighted by Gasteiger charge is 2.47. The molecule has 0 bridgehead atoms. The smallest absolute Gasteiger partial charge is 0.417 e. The molecule has 0 radical (unpaired) electrons. The van der Waals surface area contributed by atoms with Gasteiger partial charge >= 0.3 is 18.5 Å². The van der Waals surface area contributed by atoms with E-state index in [9.17, 15) is 35.8 Å². The van der Waals surface area contributed by atoms with E-state index < -0.39 is 35.7 Å². The maximum Gasteiger partial charge on any atom is 0.417 e. The van der Waals surface area contributed by atoms with E-state index in [0.29, 0.717) is 24.1 Å². The van der Waals surface area contributed by atoms with Gasteiger partial charge in [-0.3, -0.25) is 4.57 Å². The van der Waals surface area contributed by atoms with Crippen LogP contribution < -0.4 is 9.80 Å². The van der Waals surface area contributed by atoms with Crippen molar-refractivity contribution in [1.82, 2.24) is 9.13 Å². The molecule has 1 aromatic heterocycles. The summed E-state index contributed by atoms with van der Waals surface area (Å²) in [6, 6.07) is 1.50. The third kappa shape index (κ3) is 4.83. The predicted octanol–water partition coefficient (Wildman–Crippen LogP) is 7.14. The van der Waals surface area contributed by atoms with E-state index in [1.165, 1.54) is 20.1 Å². The van der Waals surface area contributed by atoms with Crippen LogP contribution in [-0.4, -0.2) is 39.7 Å². The van der Waals surface area contributed by atoms with Gasteiger partial charge in [0.2, 0.25) is 5.88 Å². The van der Waals surface area contributed by atoms with E-state index >= 15 is 0 Å². The molecule has 0 spiro atoms. The normalized spacial score (nSPS) is 14.1. The summed E-state index contributed by atoms with van der Waals surface area (Å²) in [7, 11) is 0. The first-order valence-electron chi connectivity index (χ1n) is 10.8. The highest BCUT2D eigenvalue weighted by atomic mass is 35.5. The van der Waals surface area contributed by atoms with Crippen molar-refractivity contribution in [1.29, 1.82) is 0 Å². The van der Waals surface area contributed by atoms with Crippen LogP contribution in [0.3, 0.4) is 0 Å². The third-order valence-electron chi connectivity index (χ3n) is 5.67. The summed E-state index contributed by atoms with van der Waals surface area (Å²) in [5.74, 6) is -5.01. The van der Waals surface area contributed by atoms with Gasteiger partial charge in [-0.15, -0.1) is 0 Å². The molecule has 2 aromatic rings. The van der Waals surface area contributed by atoms with E-state index in [1.54, 1.807) is 20.8 Å². The summed E-state index contributed by atoms with van der Waals surface area (Å²) < 4.78 is 98.3. The van der Waals surface area contributed by atoms with Gasteiger partial charge in [0.05, 0.1) is 28.5 Å².